The van der Waals surface area contributed by atoms with Gasteiger partial charge in [-0.1, -0.05) is 30.7 Å². The lowest BCUT2D eigenvalue weighted by Crippen LogP contribution is -2.14. The van der Waals surface area contributed by atoms with Crippen LogP contribution in [0.5, 0.6) is 0 Å². The van der Waals surface area contributed by atoms with E-state index in [1.807, 2.05) is 0 Å². The Hall–Kier alpha value is -2.61. The van der Waals surface area contributed by atoms with Crippen molar-refractivity contribution in [3.63, 3.8) is 0 Å². The summed E-state index contributed by atoms with van der Waals surface area (Å²) < 4.78 is 0. The minimum Gasteiger partial charge on any atom is -0.378 e. The molecular weight excluding hydrogens is 352 g/mol. The molecule has 1 unspecified atom stereocenters. The van der Waals surface area contributed by atoms with Crippen LogP contribution in [0.2, 0.25) is 0 Å². The maximum atomic E-state index is 9.20. The van der Waals surface area contributed by atoms with Crippen LogP contribution in [-0.2, 0) is 0 Å². The molecule has 0 amide bonds. The number of hydrogen-bond acceptors (Lipinski definition) is 2. The van der Waals surface area contributed by atoms with Crippen molar-refractivity contribution in [2.45, 2.75) is 48.5 Å². The largest absolute Gasteiger partial charge is 0.378 e. The van der Waals surface area contributed by atoms with Gasteiger partial charge in [0.05, 0.1) is 5.71 Å². The summed E-state index contributed by atoms with van der Waals surface area (Å²) in [6.07, 6.45) is 0. The first-order chi connectivity index (χ1) is 13.6. The molecule has 2 nitrogen and oxygen atoms in total. The predicted molar refractivity (Wildman–Crippen MR) is 127 cm³/mol. The first-order valence-corrected chi connectivity index (χ1v) is 10.4. The second kappa shape index (κ2) is 7.67. The fourth-order valence-corrected chi connectivity index (χ4v) is 4.42. The van der Waals surface area contributed by atoms with Gasteiger partial charge in [0.25, 0.3) is 0 Å². The van der Waals surface area contributed by atoms with Crippen molar-refractivity contribution >= 4 is 17.0 Å². The first-order valence-electron chi connectivity index (χ1n) is 10.4. The van der Waals surface area contributed by atoms with Gasteiger partial charge in [-0.15, -0.1) is 0 Å². The summed E-state index contributed by atoms with van der Waals surface area (Å²) in [5.74, 6) is 0.382. The van der Waals surface area contributed by atoms with Gasteiger partial charge in [-0.2, -0.15) is 0 Å². The van der Waals surface area contributed by atoms with Crippen molar-refractivity contribution in [3.05, 3.63) is 80.4 Å². The van der Waals surface area contributed by atoms with E-state index in [-0.39, 0.29) is 0 Å². The standard InChI is InChI=1S/C27H34N2/c1-15-10-12-23(19(5)16(15)2)27(28)25-14-22(29(8)9)11-13-24(25)26-20(6)17(3)18(4)21(26)7/h10-14,20,28H,1-9H3. The number of aryl methyl sites for hydroxylation is 1. The molecular formula is C27H34N2. The highest BCUT2D eigenvalue weighted by atomic mass is 15.1. The molecule has 0 radical (unpaired) electrons. The lowest BCUT2D eigenvalue weighted by Gasteiger charge is -2.22. The smallest absolute Gasteiger partial charge is 0.0694 e. The molecule has 0 aromatic heterocycles. The van der Waals surface area contributed by atoms with Gasteiger partial charge in [-0.3, -0.25) is 5.41 Å². The Labute approximate surface area is 176 Å². The van der Waals surface area contributed by atoms with Crippen LogP contribution in [0.15, 0.2) is 47.1 Å². The minimum atomic E-state index is 0.382. The molecule has 0 saturated carbocycles. The lowest BCUT2D eigenvalue weighted by atomic mass is 9.84. The van der Waals surface area contributed by atoms with Gasteiger partial charge in [0, 0.05) is 36.8 Å². The third-order valence-electron chi connectivity index (χ3n) is 7.05. The number of hydrogen-bond donors (Lipinski definition) is 1. The molecule has 2 heteroatoms. The van der Waals surface area contributed by atoms with E-state index in [9.17, 15) is 5.41 Å². The molecule has 1 aliphatic rings. The normalized spacial score (nSPS) is 16.7. The van der Waals surface area contributed by atoms with Gasteiger partial charge >= 0.3 is 0 Å². The van der Waals surface area contributed by atoms with E-state index in [1.54, 1.807) is 0 Å². The van der Waals surface area contributed by atoms with Gasteiger partial charge in [0.1, 0.15) is 0 Å². The van der Waals surface area contributed by atoms with Gasteiger partial charge in [-0.25, -0.2) is 0 Å². The Kier molecular flexibility index (Phi) is 5.58. The molecule has 0 aliphatic heterocycles. The van der Waals surface area contributed by atoms with Crippen LogP contribution >= 0.6 is 0 Å². The first kappa shape index (κ1) is 21.1. The quantitative estimate of drug-likeness (QED) is 0.571. The molecule has 2 aromatic rings. The molecule has 29 heavy (non-hydrogen) atoms. The van der Waals surface area contributed by atoms with Crippen molar-refractivity contribution in [3.8, 4) is 0 Å². The van der Waals surface area contributed by atoms with Crippen LogP contribution < -0.4 is 4.90 Å². The van der Waals surface area contributed by atoms with Crippen molar-refractivity contribution in [2.24, 2.45) is 5.92 Å². The molecule has 3 rings (SSSR count). The van der Waals surface area contributed by atoms with Crippen LogP contribution in [-0.4, -0.2) is 19.8 Å². The Morgan fingerprint density at radius 1 is 0.828 bits per heavy atom. The molecule has 2 aromatic carbocycles. The Morgan fingerprint density at radius 2 is 1.48 bits per heavy atom. The summed E-state index contributed by atoms with van der Waals surface area (Å²) >= 11 is 0. The third kappa shape index (κ3) is 3.46. The second-order valence-corrected chi connectivity index (χ2v) is 8.75. The summed E-state index contributed by atoms with van der Waals surface area (Å²) in [5, 5.41) is 9.20. The predicted octanol–water partition coefficient (Wildman–Crippen LogP) is 6.85. The van der Waals surface area contributed by atoms with E-state index in [1.165, 1.54) is 44.5 Å². The Morgan fingerprint density at radius 3 is 2.03 bits per heavy atom. The summed E-state index contributed by atoms with van der Waals surface area (Å²) in [7, 11) is 4.12. The van der Waals surface area contributed by atoms with Crippen LogP contribution in [0.1, 0.15) is 61.1 Å². The van der Waals surface area contributed by atoms with E-state index in [2.05, 4.69) is 97.8 Å². The molecule has 0 spiro atoms. The van der Waals surface area contributed by atoms with E-state index < -0.39 is 0 Å². The number of allylic oxidation sites excluding steroid dienone is 4. The molecule has 0 bridgehead atoms. The molecule has 152 valence electrons. The topological polar surface area (TPSA) is 27.1 Å². The highest BCUT2D eigenvalue weighted by Gasteiger charge is 2.27. The lowest BCUT2D eigenvalue weighted by molar-refractivity contribution is 0.894. The fourth-order valence-electron chi connectivity index (χ4n) is 4.42. The van der Waals surface area contributed by atoms with Crippen molar-refractivity contribution < 1.29 is 0 Å². The molecule has 1 aliphatic carbocycles. The highest BCUT2D eigenvalue weighted by molar-refractivity contribution is 6.15. The van der Waals surface area contributed by atoms with Crippen LogP contribution in [0, 0.1) is 32.1 Å². The molecule has 1 N–H and O–H groups in total. The van der Waals surface area contributed by atoms with E-state index in [0.29, 0.717) is 11.6 Å². The average Bonchev–Trinajstić information content (AvgIpc) is 2.88. The van der Waals surface area contributed by atoms with E-state index >= 15 is 0 Å². The zero-order valence-corrected chi connectivity index (χ0v) is 19.4. The Bertz CT molecular complexity index is 1060. The number of rotatable bonds is 4. The second-order valence-electron chi connectivity index (χ2n) is 8.75. The van der Waals surface area contributed by atoms with Crippen molar-refractivity contribution in [1.29, 1.82) is 5.41 Å². The van der Waals surface area contributed by atoms with Crippen molar-refractivity contribution in [2.75, 3.05) is 19.0 Å². The van der Waals surface area contributed by atoms with Crippen molar-refractivity contribution in [1.82, 2.24) is 0 Å². The SMILES string of the molecule is CC1=C(C)C(C)C(c2ccc(N(C)C)cc2C(=N)c2ccc(C)c(C)c2C)=C1C. The molecule has 1 atom stereocenters. The van der Waals surface area contributed by atoms with E-state index in [0.717, 1.165) is 16.8 Å². The summed E-state index contributed by atoms with van der Waals surface area (Å²) in [6, 6.07) is 10.8. The van der Waals surface area contributed by atoms with Crippen LogP contribution in [0.4, 0.5) is 5.69 Å². The zero-order valence-electron chi connectivity index (χ0n) is 19.4. The number of anilines is 1. The maximum Gasteiger partial charge on any atom is 0.0694 e. The fraction of sp³-hybridized carbons (Fsp3) is 0.370. The van der Waals surface area contributed by atoms with Gasteiger partial charge in [-0.05, 0) is 92.6 Å². The third-order valence-corrected chi connectivity index (χ3v) is 7.05. The van der Waals surface area contributed by atoms with Crippen LogP contribution in [0.25, 0.3) is 5.57 Å². The van der Waals surface area contributed by atoms with Gasteiger partial charge in [0.2, 0.25) is 0 Å². The monoisotopic (exact) mass is 386 g/mol. The number of benzene rings is 2. The highest BCUT2D eigenvalue weighted by Crippen LogP contribution is 2.44. The minimum absolute atomic E-state index is 0.382. The summed E-state index contributed by atoms with van der Waals surface area (Å²) in [5.41, 5.74) is 14.3. The zero-order chi connectivity index (χ0) is 21.6. The maximum absolute atomic E-state index is 9.20. The molecule has 0 heterocycles. The number of nitrogens with one attached hydrogen (secondary N) is 1. The van der Waals surface area contributed by atoms with E-state index in [4.69, 9.17) is 0 Å². The summed E-state index contributed by atoms with van der Waals surface area (Å²) in [6.45, 7) is 15.4. The number of nitrogens with zero attached hydrogens (tertiary/aromatic N) is 1. The molecule has 0 saturated heterocycles. The summed E-state index contributed by atoms with van der Waals surface area (Å²) in [4.78, 5) is 2.11. The van der Waals surface area contributed by atoms with Gasteiger partial charge < -0.3 is 4.90 Å². The van der Waals surface area contributed by atoms with Gasteiger partial charge in [0.15, 0.2) is 0 Å². The average molecular weight is 387 g/mol. The van der Waals surface area contributed by atoms with Crippen LogP contribution in [0.3, 0.4) is 0 Å². The Balaban J connectivity index is 2.25. The molecule has 0 fully saturated rings.